The number of rotatable bonds is 4. The molecule has 0 bridgehead atoms. The van der Waals surface area contributed by atoms with E-state index < -0.39 is 0 Å². The maximum atomic E-state index is 5.73. The lowest BCUT2D eigenvalue weighted by molar-refractivity contribution is 0.0508. The highest BCUT2D eigenvalue weighted by atomic mass is 16.5. The first-order valence-electron chi connectivity index (χ1n) is 7.11. The highest BCUT2D eigenvalue weighted by molar-refractivity contribution is 4.83. The highest BCUT2D eigenvalue weighted by Crippen LogP contribution is 2.27. The zero-order valence-electron chi connectivity index (χ0n) is 11.0. The normalized spacial score (nSPS) is 29.1. The van der Waals surface area contributed by atoms with E-state index in [4.69, 9.17) is 4.74 Å². The van der Waals surface area contributed by atoms with Crippen molar-refractivity contribution in [3.05, 3.63) is 0 Å². The molecule has 94 valence electrons. The monoisotopic (exact) mass is 225 g/mol. The molecular weight excluding hydrogens is 198 g/mol. The molecule has 0 spiro atoms. The van der Waals surface area contributed by atoms with E-state index in [0.717, 1.165) is 18.6 Å². The molecule has 0 amide bonds. The second kappa shape index (κ2) is 6.02. The van der Waals surface area contributed by atoms with Crippen molar-refractivity contribution in [1.82, 2.24) is 4.90 Å². The van der Waals surface area contributed by atoms with Gasteiger partial charge in [0.15, 0.2) is 0 Å². The van der Waals surface area contributed by atoms with Crippen LogP contribution in [0.1, 0.15) is 52.4 Å². The second-order valence-corrected chi connectivity index (χ2v) is 5.82. The largest absolute Gasteiger partial charge is 0.378 e. The van der Waals surface area contributed by atoms with Gasteiger partial charge in [0.2, 0.25) is 0 Å². The molecule has 1 saturated heterocycles. The molecule has 1 heterocycles. The van der Waals surface area contributed by atoms with E-state index in [0.29, 0.717) is 6.10 Å². The summed E-state index contributed by atoms with van der Waals surface area (Å²) in [5, 5.41) is 0. The van der Waals surface area contributed by atoms with E-state index in [9.17, 15) is 0 Å². The fraction of sp³-hybridized carbons (Fsp3) is 1.00. The Morgan fingerprint density at radius 2 is 1.88 bits per heavy atom. The van der Waals surface area contributed by atoms with Gasteiger partial charge < -0.3 is 9.64 Å². The van der Waals surface area contributed by atoms with Crippen LogP contribution in [0.25, 0.3) is 0 Å². The van der Waals surface area contributed by atoms with Crippen LogP contribution in [0.3, 0.4) is 0 Å². The van der Waals surface area contributed by atoms with E-state index in [1.165, 1.54) is 51.6 Å². The molecule has 16 heavy (non-hydrogen) atoms. The SMILES string of the molecule is CC(C)OCC1CCN(C2CCCCC2)C1. The maximum absolute atomic E-state index is 5.73. The lowest BCUT2D eigenvalue weighted by Crippen LogP contribution is -2.35. The third kappa shape index (κ3) is 3.46. The minimum Gasteiger partial charge on any atom is -0.378 e. The van der Waals surface area contributed by atoms with Gasteiger partial charge in [0.05, 0.1) is 12.7 Å². The van der Waals surface area contributed by atoms with Gasteiger partial charge in [-0.2, -0.15) is 0 Å². The maximum Gasteiger partial charge on any atom is 0.0519 e. The quantitative estimate of drug-likeness (QED) is 0.729. The molecule has 0 N–H and O–H groups in total. The van der Waals surface area contributed by atoms with Gasteiger partial charge in [-0.15, -0.1) is 0 Å². The van der Waals surface area contributed by atoms with Crippen LogP contribution < -0.4 is 0 Å². The molecule has 0 aromatic carbocycles. The standard InChI is InChI=1S/C14H27NO/c1-12(2)16-11-13-8-9-15(10-13)14-6-4-3-5-7-14/h12-14H,3-11H2,1-2H3. The lowest BCUT2D eigenvalue weighted by Gasteiger charge is -2.31. The predicted molar refractivity (Wildman–Crippen MR) is 67.6 cm³/mol. The summed E-state index contributed by atoms with van der Waals surface area (Å²) in [6.45, 7) is 7.84. The number of ether oxygens (including phenoxy) is 1. The number of hydrogen-bond acceptors (Lipinski definition) is 2. The number of likely N-dealkylation sites (tertiary alicyclic amines) is 1. The van der Waals surface area contributed by atoms with Crippen LogP contribution in [0, 0.1) is 5.92 Å². The smallest absolute Gasteiger partial charge is 0.0519 e. The topological polar surface area (TPSA) is 12.5 Å². The van der Waals surface area contributed by atoms with Gasteiger partial charge in [0, 0.05) is 12.6 Å². The molecule has 2 aliphatic rings. The molecule has 1 saturated carbocycles. The summed E-state index contributed by atoms with van der Waals surface area (Å²) >= 11 is 0. The average Bonchev–Trinajstić information content (AvgIpc) is 2.76. The van der Waals surface area contributed by atoms with Crippen LogP contribution in [0.2, 0.25) is 0 Å². The van der Waals surface area contributed by atoms with Crippen molar-refractivity contribution in [1.29, 1.82) is 0 Å². The van der Waals surface area contributed by atoms with Gasteiger partial charge in [0.25, 0.3) is 0 Å². The molecule has 2 fully saturated rings. The van der Waals surface area contributed by atoms with Crippen LogP contribution in [0.15, 0.2) is 0 Å². The van der Waals surface area contributed by atoms with E-state index >= 15 is 0 Å². The van der Waals surface area contributed by atoms with Gasteiger partial charge in [-0.25, -0.2) is 0 Å². The Morgan fingerprint density at radius 1 is 1.12 bits per heavy atom. The van der Waals surface area contributed by atoms with Crippen molar-refractivity contribution in [3.8, 4) is 0 Å². The van der Waals surface area contributed by atoms with Crippen molar-refractivity contribution >= 4 is 0 Å². The Kier molecular flexibility index (Phi) is 4.66. The van der Waals surface area contributed by atoms with Crippen LogP contribution in [-0.4, -0.2) is 36.7 Å². The lowest BCUT2D eigenvalue weighted by atomic mass is 9.94. The summed E-state index contributed by atoms with van der Waals surface area (Å²) in [7, 11) is 0. The van der Waals surface area contributed by atoms with Gasteiger partial charge in [-0.05, 0) is 45.6 Å². The molecule has 2 rings (SSSR count). The zero-order valence-corrected chi connectivity index (χ0v) is 11.0. The Balaban J connectivity index is 1.70. The van der Waals surface area contributed by atoms with Crippen LogP contribution in [-0.2, 0) is 4.74 Å². The molecule has 1 atom stereocenters. The van der Waals surface area contributed by atoms with Crippen molar-refractivity contribution in [2.75, 3.05) is 19.7 Å². The third-order valence-electron chi connectivity index (χ3n) is 4.07. The van der Waals surface area contributed by atoms with Gasteiger partial charge in [-0.3, -0.25) is 0 Å². The van der Waals surface area contributed by atoms with Gasteiger partial charge in [0.1, 0.15) is 0 Å². The fourth-order valence-electron chi connectivity index (χ4n) is 3.11. The Bertz CT molecular complexity index is 199. The van der Waals surface area contributed by atoms with E-state index in [2.05, 4.69) is 18.7 Å². The van der Waals surface area contributed by atoms with Crippen molar-refractivity contribution in [2.24, 2.45) is 5.92 Å². The van der Waals surface area contributed by atoms with E-state index in [-0.39, 0.29) is 0 Å². The minimum absolute atomic E-state index is 0.392. The van der Waals surface area contributed by atoms with E-state index in [1.807, 2.05) is 0 Å². The van der Waals surface area contributed by atoms with Crippen LogP contribution in [0.5, 0.6) is 0 Å². The van der Waals surface area contributed by atoms with Crippen LogP contribution in [0.4, 0.5) is 0 Å². The first-order valence-corrected chi connectivity index (χ1v) is 7.11. The summed E-state index contributed by atoms with van der Waals surface area (Å²) in [6, 6.07) is 0.901. The first kappa shape index (κ1) is 12.4. The summed E-state index contributed by atoms with van der Waals surface area (Å²) in [4.78, 5) is 2.73. The highest BCUT2D eigenvalue weighted by Gasteiger charge is 2.29. The molecule has 0 aromatic rings. The number of nitrogens with zero attached hydrogens (tertiary/aromatic N) is 1. The molecule has 1 aliphatic heterocycles. The van der Waals surface area contributed by atoms with Crippen molar-refractivity contribution in [3.63, 3.8) is 0 Å². The summed E-state index contributed by atoms with van der Waals surface area (Å²) in [5.41, 5.74) is 0. The Hall–Kier alpha value is -0.0800. The summed E-state index contributed by atoms with van der Waals surface area (Å²) in [6.07, 6.45) is 9.00. The second-order valence-electron chi connectivity index (χ2n) is 5.82. The van der Waals surface area contributed by atoms with E-state index in [1.54, 1.807) is 0 Å². The van der Waals surface area contributed by atoms with Crippen LogP contribution >= 0.6 is 0 Å². The summed E-state index contributed by atoms with van der Waals surface area (Å²) in [5.74, 6) is 0.796. The molecule has 0 aromatic heterocycles. The van der Waals surface area contributed by atoms with Gasteiger partial charge >= 0.3 is 0 Å². The molecule has 1 unspecified atom stereocenters. The molecule has 1 aliphatic carbocycles. The molecule has 0 radical (unpaired) electrons. The predicted octanol–water partition coefficient (Wildman–Crippen LogP) is 3.07. The molecule has 2 nitrogen and oxygen atoms in total. The van der Waals surface area contributed by atoms with Crippen molar-refractivity contribution in [2.45, 2.75) is 64.5 Å². The summed E-state index contributed by atoms with van der Waals surface area (Å²) < 4.78 is 5.73. The number of hydrogen-bond donors (Lipinski definition) is 0. The third-order valence-corrected chi connectivity index (χ3v) is 4.07. The van der Waals surface area contributed by atoms with Crippen molar-refractivity contribution < 1.29 is 4.74 Å². The molecular formula is C14H27NO. The Labute approximate surface area is 100 Å². The molecule has 2 heteroatoms. The first-order chi connectivity index (χ1) is 7.75. The zero-order chi connectivity index (χ0) is 11.4. The minimum atomic E-state index is 0.392. The fourth-order valence-corrected chi connectivity index (χ4v) is 3.11. The average molecular weight is 225 g/mol. The Morgan fingerprint density at radius 3 is 2.56 bits per heavy atom. The van der Waals surface area contributed by atoms with Gasteiger partial charge in [-0.1, -0.05) is 19.3 Å².